The summed E-state index contributed by atoms with van der Waals surface area (Å²) >= 11 is 0. The molecule has 0 unspecified atom stereocenters. The SMILES string of the molecule is O=C1[C@@H](O)CCN1C1CCN(C[C@@H]2Cc3ccc(Oc4ccc(C5=CC=NC5)cn4)cc3O2)CC1. The molecular weight excluding hydrogens is 444 g/mol. The van der Waals surface area contributed by atoms with Crippen molar-refractivity contribution in [1.29, 1.82) is 0 Å². The van der Waals surface area contributed by atoms with Crippen LogP contribution in [0, 0.1) is 0 Å². The molecule has 2 atom stereocenters. The number of carbonyl (C=O) groups excluding carboxylic acids is 1. The number of pyridine rings is 1. The number of likely N-dealkylation sites (tertiary alicyclic amines) is 2. The van der Waals surface area contributed by atoms with Crippen LogP contribution in [0.5, 0.6) is 17.4 Å². The molecule has 8 nitrogen and oxygen atoms in total. The van der Waals surface area contributed by atoms with E-state index in [1.807, 2.05) is 47.7 Å². The maximum atomic E-state index is 12.1. The molecule has 8 heteroatoms. The van der Waals surface area contributed by atoms with Crippen molar-refractivity contribution in [2.24, 2.45) is 4.99 Å². The van der Waals surface area contributed by atoms with Gasteiger partial charge in [0.25, 0.3) is 5.91 Å². The Bertz CT molecular complexity index is 1150. The van der Waals surface area contributed by atoms with Gasteiger partial charge in [-0.2, -0.15) is 0 Å². The monoisotopic (exact) mass is 474 g/mol. The Hall–Kier alpha value is -3.23. The molecule has 0 radical (unpaired) electrons. The summed E-state index contributed by atoms with van der Waals surface area (Å²) in [6.07, 6.45) is 8.32. The molecule has 4 aliphatic rings. The summed E-state index contributed by atoms with van der Waals surface area (Å²) in [6, 6.07) is 10.1. The quantitative estimate of drug-likeness (QED) is 0.693. The van der Waals surface area contributed by atoms with Crippen molar-refractivity contribution >= 4 is 17.7 Å². The third-order valence-electron chi connectivity index (χ3n) is 7.42. The molecule has 4 aliphatic heterocycles. The smallest absolute Gasteiger partial charge is 0.251 e. The lowest BCUT2D eigenvalue weighted by Gasteiger charge is -2.37. The van der Waals surface area contributed by atoms with E-state index in [4.69, 9.17) is 9.47 Å². The third kappa shape index (κ3) is 4.68. The fourth-order valence-electron chi connectivity index (χ4n) is 5.48. The molecule has 35 heavy (non-hydrogen) atoms. The van der Waals surface area contributed by atoms with Gasteiger partial charge in [-0.25, -0.2) is 4.98 Å². The van der Waals surface area contributed by atoms with Gasteiger partial charge in [0, 0.05) is 63.2 Å². The minimum Gasteiger partial charge on any atom is -0.488 e. The van der Waals surface area contributed by atoms with Crippen molar-refractivity contribution in [3.05, 3.63) is 53.7 Å². The summed E-state index contributed by atoms with van der Waals surface area (Å²) in [4.78, 5) is 25.1. The van der Waals surface area contributed by atoms with E-state index in [2.05, 4.69) is 20.9 Å². The van der Waals surface area contributed by atoms with Gasteiger partial charge in [0.1, 0.15) is 23.7 Å². The van der Waals surface area contributed by atoms with E-state index in [0.717, 1.165) is 55.8 Å². The number of aromatic nitrogens is 1. The van der Waals surface area contributed by atoms with Gasteiger partial charge in [-0.3, -0.25) is 14.7 Å². The van der Waals surface area contributed by atoms with Gasteiger partial charge >= 0.3 is 0 Å². The molecule has 1 aromatic heterocycles. The second kappa shape index (κ2) is 9.43. The number of hydrogen-bond donors (Lipinski definition) is 1. The van der Waals surface area contributed by atoms with Crippen LogP contribution >= 0.6 is 0 Å². The lowest BCUT2D eigenvalue weighted by atomic mass is 10.0. The van der Waals surface area contributed by atoms with E-state index < -0.39 is 6.10 Å². The van der Waals surface area contributed by atoms with Gasteiger partial charge in [0.15, 0.2) is 0 Å². The summed E-state index contributed by atoms with van der Waals surface area (Å²) in [6.45, 7) is 4.14. The molecule has 1 amide bonds. The van der Waals surface area contributed by atoms with Crippen LogP contribution in [0.1, 0.15) is 30.4 Å². The topological polar surface area (TPSA) is 87.5 Å². The van der Waals surface area contributed by atoms with Crippen LogP contribution in [0.4, 0.5) is 0 Å². The molecular formula is C27H30N4O4. The summed E-state index contributed by atoms with van der Waals surface area (Å²) in [7, 11) is 0. The van der Waals surface area contributed by atoms with Crippen molar-refractivity contribution in [2.45, 2.75) is 43.9 Å². The van der Waals surface area contributed by atoms with Gasteiger partial charge in [-0.1, -0.05) is 6.07 Å². The first kappa shape index (κ1) is 22.2. The summed E-state index contributed by atoms with van der Waals surface area (Å²) in [5.74, 6) is 2.05. The molecule has 5 heterocycles. The van der Waals surface area contributed by atoms with E-state index >= 15 is 0 Å². The van der Waals surface area contributed by atoms with Crippen LogP contribution in [0.3, 0.4) is 0 Å². The number of carbonyl (C=O) groups is 1. The molecule has 2 saturated heterocycles. The van der Waals surface area contributed by atoms with Gasteiger partial charge in [0.2, 0.25) is 5.88 Å². The van der Waals surface area contributed by atoms with Gasteiger partial charge in [-0.05, 0) is 54.2 Å². The van der Waals surface area contributed by atoms with Crippen LogP contribution < -0.4 is 9.47 Å². The summed E-state index contributed by atoms with van der Waals surface area (Å²) in [5.41, 5.74) is 3.42. The number of aliphatic imine (C=N–C) groups is 1. The van der Waals surface area contributed by atoms with Gasteiger partial charge < -0.3 is 19.5 Å². The molecule has 2 aromatic rings. The zero-order valence-electron chi connectivity index (χ0n) is 19.7. The second-order valence-corrected chi connectivity index (χ2v) is 9.75. The zero-order chi connectivity index (χ0) is 23.8. The first-order valence-corrected chi connectivity index (χ1v) is 12.5. The van der Waals surface area contributed by atoms with Crippen molar-refractivity contribution in [1.82, 2.24) is 14.8 Å². The summed E-state index contributed by atoms with van der Waals surface area (Å²) in [5, 5.41) is 9.74. The molecule has 1 N–H and O–H groups in total. The van der Waals surface area contributed by atoms with Crippen molar-refractivity contribution < 1.29 is 19.4 Å². The molecule has 0 aliphatic carbocycles. The number of aliphatic hydroxyl groups is 1. The predicted molar refractivity (Wildman–Crippen MR) is 132 cm³/mol. The minimum atomic E-state index is -0.799. The van der Waals surface area contributed by atoms with E-state index in [1.54, 1.807) is 0 Å². The van der Waals surface area contributed by atoms with Crippen LogP contribution in [0.2, 0.25) is 0 Å². The Morgan fingerprint density at radius 3 is 2.71 bits per heavy atom. The lowest BCUT2D eigenvalue weighted by molar-refractivity contribution is -0.137. The maximum Gasteiger partial charge on any atom is 0.251 e. The van der Waals surface area contributed by atoms with E-state index in [1.165, 1.54) is 5.56 Å². The van der Waals surface area contributed by atoms with E-state index in [9.17, 15) is 9.90 Å². The first-order chi connectivity index (χ1) is 17.1. The van der Waals surface area contributed by atoms with E-state index in [0.29, 0.717) is 31.1 Å². The number of allylic oxidation sites excluding steroid dienone is 1. The number of benzene rings is 1. The molecule has 1 aromatic carbocycles. The Morgan fingerprint density at radius 2 is 2.00 bits per heavy atom. The highest BCUT2D eigenvalue weighted by atomic mass is 16.5. The maximum absolute atomic E-state index is 12.1. The highest BCUT2D eigenvalue weighted by Crippen LogP contribution is 2.35. The number of rotatable bonds is 6. The van der Waals surface area contributed by atoms with Crippen LogP contribution in [0.15, 0.2) is 47.6 Å². The normalized spacial score (nSPS) is 24.5. The van der Waals surface area contributed by atoms with Gasteiger partial charge in [-0.15, -0.1) is 0 Å². The standard InChI is InChI=1S/C27H30N4O4/c32-24-8-12-31(27(24)33)21-6-10-30(11-7-21)17-23-13-18-1-3-22(14-25(18)34-23)35-26-4-2-19(16-29-26)20-5-9-28-15-20/h1-5,9,14,16,21,23-24,32H,6-8,10-13,15,17H2/t23-,24-/m0/s1. The number of ether oxygens (including phenoxy) is 2. The number of fused-ring (bicyclic) bond motifs is 1. The van der Waals surface area contributed by atoms with Crippen LogP contribution in [0.25, 0.3) is 5.57 Å². The van der Waals surface area contributed by atoms with Crippen LogP contribution in [-0.4, -0.2) is 83.0 Å². The highest BCUT2D eigenvalue weighted by molar-refractivity contribution is 5.89. The number of nitrogens with zero attached hydrogens (tertiary/aromatic N) is 4. The fraction of sp³-hybridized carbons (Fsp3) is 0.444. The first-order valence-electron chi connectivity index (χ1n) is 12.5. The molecule has 0 bridgehead atoms. The summed E-state index contributed by atoms with van der Waals surface area (Å²) < 4.78 is 12.3. The number of aliphatic hydroxyl groups excluding tert-OH is 1. The molecule has 182 valence electrons. The Balaban J connectivity index is 1.01. The number of piperidine rings is 1. The number of amides is 1. The number of hydrogen-bond acceptors (Lipinski definition) is 7. The van der Waals surface area contributed by atoms with Crippen LogP contribution in [-0.2, 0) is 11.2 Å². The Kier molecular flexibility index (Phi) is 6.00. The van der Waals surface area contributed by atoms with Crippen molar-refractivity contribution in [2.75, 3.05) is 32.7 Å². The predicted octanol–water partition coefficient (Wildman–Crippen LogP) is 2.70. The third-order valence-corrected chi connectivity index (χ3v) is 7.42. The lowest BCUT2D eigenvalue weighted by Crippen LogP contribution is -2.48. The largest absolute Gasteiger partial charge is 0.488 e. The Morgan fingerprint density at radius 1 is 1.11 bits per heavy atom. The Labute approximate surface area is 204 Å². The molecule has 0 saturated carbocycles. The zero-order valence-corrected chi connectivity index (χ0v) is 19.7. The van der Waals surface area contributed by atoms with E-state index in [-0.39, 0.29) is 18.1 Å². The molecule has 6 rings (SSSR count). The molecule has 2 fully saturated rings. The van der Waals surface area contributed by atoms with Gasteiger partial charge in [0.05, 0.1) is 6.54 Å². The molecule has 0 spiro atoms. The average molecular weight is 475 g/mol. The van der Waals surface area contributed by atoms with Crippen molar-refractivity contribution in [3.63, 3.8) is 0 Å². The second-order valence-electron chi connectivity index (χ2n) is 9.75. The average Bonchev–Trinajstić information content (AvgIpc) is 3.61. The minimum absolute atomic E-state index is 0.0944. The fourth-order valence-corrected chi connectivity index (χ4v) is 5.48. The highest BCUT2D eigenvalue weighted by Gasteiger charge is 2.36. The van der Waals surface area contributed by atoms with Crippen molar-refractivity contribution in [3.8, 4) is 17.4 Å².